The van der Waals surface area contributed by atoms with Gasteiger partial charge in [0.25, 0.3) is 0 Å². The highest BCUT2D eigenvalue weighted by Crippen LogP contribution is 2.26. The van der Waals surface area contributed by atoms with Crippen LogP contribution >= 0.6 is 0 Å². The van der Waals surface area contributed by atoms with E-state index in [1.807, 2.05) is 32.9 Å². The number of fused-ring (bicyclic) bond motifs is 1. The topological polar surface area (TPSA) is 95.1 Å². The molecule has 1 aliphatic rings. The van der Waals surface area contributed by atoms with Gasteiger partial charge in [-0.1, -0.05) is 12.1 Å². The minimum Gasteiger partial charge on any atom is -0.493 e. The molecule has 2 N–H and O–H groups in total. The molecule has 0 saturated heterocycles. The first-order valence-corrected chi connectivity index (χ1v) is 10.7. The molecule has 0 bridgehead atoms. The van der Waals surface area contributed by atoms with Gasteiger partial charge in [0.2, 0.25) is 5.91 Å². The molecule has 172 valence electrons. The number of hydrogen-bond donors (Lipinski definition) is 2. The molecule has 8 nitrogen and oxygen atoms in total. The van der Waals surface area contributed by atoms with Gasteiger partial charge in [0.05, 0.1) is 33.0 Å². The minimum atomic E-state index is -0.514. The molecule has 1 aliphatic heterocycles. The van der Waals surface area contributed by atoms with E-state index in [4.69, 9.17) is 18.9 Å². The number of benzene rings is 1. The fraction of sp³-hybridized carbons (Fsp3) is 0.565. The Balaban J connectivity index is 1.46. The summed E-state index contributed by atoms with van der Waals surface area (Å²) in [6.45, 7) is 8.54. The molecule has 31 heavy (non-hydrogen) atoms. The van der Waals surface area contributed by atoms with Gasteiger partial charge in [-0.25, -0.2) is 4.79 Å². The number of hydrogen-bond acceptors (Lipinski definition) is 6. The number of carbonyl (C=O) groups excluding carboxylic acids is 2. The monoisotopic (exact) mass is 434 g/mol. The van der Waals surface area contributed by atoms with Crippen LogP contribution < -0.4 is 15.4 Å². The van der Waals surface area contributed by atoms with Gasteiger partial charge in [-0.3, -0.25) is 4.79 Å². The van der Waals surface area contributed by atoms with Crippen molar-refractivity contribution in [2.45, 2.75) is 39.2 Å². The summed E-state index contributed by atoms with van der Waals surface area (Å²) in [6, 6.07) is 6.00. The zero-order valence-corrected chi connectivity index (χ0v) is 18.7. The molecule has 0 spiro atoms. The van der Waals surface area contributed by atoms with Gasteiger partial charge < -0.3 is 29.6 Å². The molecule has 0 saturated carbocycles. The third-order valence-corrected chi connectivity index (χ3v) is 4.20. The summed E-state index contributed by atoms with van der Waals surface area (Å²) in [7, 11) is 0. The van der Waals surface area contributed by atoms with Crippen molar-refractivity contribution in [3.63, 3.8) is 0 Å². The van der Waals surface area contributed by atoms with E-state index in [-0.39, 0.29) is 5.91 Å². The van der Waals surface area contributed by atoms with Crippen LogP contribution in [0.25, 0.3) is 6.08 Å². The molecule has 0 fully saturated rings. The first-order valence-electron chi connectivity index (χ1n) is 10.7. The molecular weight excluding hydrogens is 400 g/mol. The zero-order valence-electron chi connectivity index (χ0n) is 18.7. The van der Waals surface area contributed by atoms with Crippen LogP contribution in [0.4, 0.5) is 4.79 Å². The first kappa shape index (κ1) is 24.7. The summed E-state index contributed by atoms with van der Waals surface area (Å²) in [5.74, 6) is 0.733. The van der Waals surface area contributed by atoms with Crippen molar-refractivity contribution in [2.75, 3.05) is 46.1 Å². The molecule has 2 rings (SSSR count). The van der Waals surface area contributed by atoms with E-state index in [0.29, 0.717) is 39.5 Å². The molecule has 0 aliphatic carbocycles. The SMILES string of the molecule is CC(C)(C)OC(=O)NCCOCCOCCNC(=O)/C=C/c1ccc2c(c1)OCCC2. The molecule has 1 aromatic carbocycles. The molecular formula is C23H34N2O6. The lowest BCUT2D eigenvalue weighted by Gasteiger charge is -2.19. The van der Waals surface area contributed by atoms with Crippen LogP contribution in [0.3, 0.4) is 0 Å². The zero-order chi connectivity index (χ0) is 22.5. The quantitative estimate of drug-likeness (QED) is 0.411. The molecule has 0 aromatic heterocycles. The van der Waals surface area contributed by atoms with E-state index < -0.39 is 11.7 Å². The highest BCUT2D eigenvalue weighted by molar-refractivity contribution is 5.91. The number of alkyl carbamates (subject to hydrolysis) is 1. The van der Waals surface area contributed by atoms with Crippen molar-refractivity contribution in [1.82, 2.24) is 10.6 Å². The fourth-order valence-corrected chi connectivity index (χ4v) is 2.80. The Kier molecular flexibility index (Phi) is 10.3. The van der Waals surface area contributed by atoms with Gasteiger partial charge in [-0.2, -0.15) is 0 Å². The number of rotatable bonds is 11. The van der Waals surface area contributed by atoms with Crippen LogP contribution in [0.2, 0.25) is 0 Å². The summed E-state index contributed by atoms with van der Waals surface area (Å²) in [5, 5.41) is 5.39. The maximum absolute atomic E-state index is 11.9. The maximum atomic E-state index is 11.9. The smallest absolute Gasteiger partial charge is 0.407 e. The largest absolute Gasteiger partial charge is 0.493 e. The molecule has 0 unspecified atom stereocenters. The second-order valence-electron chi connectivity index (χ2n) is 8.10. The summed E-state index contributed by atoms with van der Waals surface area (Å²) < 4.78 is 21.5. The summed E-state index contributed by atoms with van der Waals surface area (Å²) in [4.78, 5) is 23.3. The summed E-state index contributed by atoms with van der Waals surface area (Å²) in [6.07, 6.45) is 4.90. The third kappa shape index (κ3) is 10.8. The van der Waals surface area contributed by atoms with Gasteiger partial charge in [0.15, 0.2) is 0 Å². The van der Waals surface area contributed by atoms with Crippen LogP contribution in [0.15, 0.2) is 24.3 Å². The lowest BCUT2D eigenvalue weighted by molar-refractivity contribution is -0.116. The van der Waals surface area contributed by atoms with Crippen LogP contribution in [0, 0.1) is 0 Å². The van der Waals surface area contributed by atoms with E-state index in [9.17, 15) is 9.59 Å². The number of nitrogens with one attached hydrogen (secondary N) is 2. The molecule has 0 atom stereocenters. The number of carbonyl (C=O) groups is 2. The average Bonchev–Trinajstić information content (AvgIpc) is 2.72. The Hall–Kier alpha value is -2.58. The lowest BCUT2D eigenvalue weighted by atomic mass is 10.0. The van der Waals surface area contributed by atoms with Gasteiger partial charge in [0, 0.05) is 19.2 Å². The predicted molar refractivity (Wildman–Crippen MR) is 118 cm³/mol. The molecule has 8 heteroatoms. The summed E-state index contributed by atoms with van der Waals surface area (Å²) in [5.41, 5.74) is 1.64. The van der Waals surface area contributed by atoms with E-state index in [0.717, 1.165) is 30.8 Å². The van der Waals surface area contributed by atoms with E-state index in [2.05, 4.69) is 16.7 Å². The van der Waals surface area contributed by atoms with Crippen LogP contribution in [-0.2, 0) is 25.4 Å². The number of aryl methyl sites for hydroxylation is 1. The van der Waals surface area contributed by atoms with Crippen molar-refractivity contribution in [2.24, 2.45) is 0 Å². The Morgan fingerprint density at radius 1 is 1.06 bits per heavy atom. The second kappa shape index (κ2) is 13.0. The maximum Gasteiger partial charge on any atom is 0.407 e. The molecule has 2 amide bonds. The Morgan fingerprint density at radius 3 is 2.48 bits per heavy atom. The normalized spacial score (nSPS) is 13.4. The van der Waals surface area contributed by atoms with Crippen molar-refractivity contribution in [3.8, 4) is 5.75 Å². The highest BCUT2D eigenvalue weighted by atomic mass is 16.6. The highest BCUT2D eigenvalue weighted by Gasteiger charge is 2.15. The van der Waals surface area contributed by atoms with E-state index in [1.54, 1.807) is 6.08 Å². The van der Waals surface area contributed by atoms with Crippen molar-refractivity contribution in [3.05, 3.63) is 35.4 Å². The van der Waals surface area contributed by atoms with Crippen molar-refractivity contribution >= 4 is 18.1 Å². The van der Waals surface area contributed by atoms with Crippen LogP contribution in [-0.4, -0.2) is 63.7 Å². The predicted octanol–water partition coefficient (Wildman–Crippen LogP) is 2.70. The molecule has 1 aromatic rings. The Morgan fingerprint density at radius 2 is 1.77 bits per heavy atom. The standard InChI is InChI=1S/C23H34N2O6/c1-23(2,3)31-22(27)25-11-14-29-16-15-28-13-10-24-21(26)9-7-18-6-8-19-5-4-12-30-20(19)17-18/h6-9,17H,4-5,10-16H2,1-3H3,(H,24,26)(H,25,27)/b9-7+. The number of amides is 2. The minimum absolute atomic E-state index is 0.174. The lowest BCUT2D eigenvalue weighted by Crippen LogP contribution is -2.34. The van der Waals surface area contributed by atoms with E-state index >= 15 is 0 Å². The molecule has 0 radical (unpaired) electrons. The van der Waals surface area contributed by atoms with Crippen molar-refractivity contribution in [1.29, 1.82) is 0 Å². The van der Waals surface area contributed by atoms with Crippen molar-refractivity contribution < 1.29 is 28.5 Å². The first-order chi connectivity index (χ1) is 14.8. The number of ether oxygens (including phenoxy) is 4. The van der Waals surface area contributed by atoms with Gasteiger partial charge >= 0.3 is 6.09 Å². The van der Waals surface area contributed by atoms with Gasteiger partial charge in [-0.15, -0.1) is 0 Å². The third-order valence-electron chi connectivity index (χ3n) is 4.20. The second-order valence-corrected chi connectivity index (χ2v) is 8.10. The Labute approximate surface area is 184 Å². The fourth-order valence-electron chi connectivity index (χ4n) is 2.80. The Bertz CT molecular complexity index is 742. The average molecular weight is 435 g/mol. The van der Waals surface area contributed by atoms with E-state index in [1.165, 1.54) is 11.6 Å². The van der Waals surface area contributed by atoms with Gasteiger partial charge in [-0.05, 0) is 56.9 Å². The van der Waals surface area contributed by atoms with Gasteiger partial charge in [0.1, 0.15) is 11.4 Å². The molecule has 1 heterocycles. The summed E-state index contributed by atoms with van der Waals surface area (Å²) >= 11 is 0. The van der Waals surface area contributed by atoms with Crippen LogP contribution in [0.5, 0.6) is 5.75 Å². The van der Waals surface area contributed by atoms with Crippen LogP contribution in [0.1, 0.15) is 38.3 Å².